The minimum atomic E-state index is -0.538. The Balaban J connectivity index is 1.78. The van der Waals surface area contributed by atoms with Crippen molar-refractivity contribution < 1.29 is 14.3 Å². The van der Waals surface area contributed by atoms with Crippen molar-refractivity contribution in [3.8, 4) is 0 Å². The third-order valence-electron chi connectivity index (χ3n) is 4.54. The number of benzene rings is 1. The molecule has 27 heavy (non-hydrogen) atoms. The van der Waals surface area contributed by atoms with E-state index in [1.54, 1.807) is 17.2 Å². The zero-order valence-corrected chi connectivity index (χ0v) is 16.1. The number of ether oxygens (including phenoxy) is 1. The predicted molar refractivity (Wildman–Crippen MR) is 104 cm³/mol. The van der Waals surface area contributed by atoms with Gasteiger partial charge in [-0.25, -0.2) is 4.79 Å². The van der Waals surface area contributed by atoms with E-state index < -0.39 is 5.60 Å². The zero-order valence-electron chi connectivity index (χ0n) is 16.1. The number of hydrogen-bond donors (Lipinski definition) is 1. The smallest absolute Gasteiger partial charge is 0.410 e. The molecule has 0 radical (unpaired) electrons. The second-order valence-electron chi connectivity index (χ2n) is 7.85. The molecule has 1 aliphatic heterocycles. The molecule has 0 aliphatic carbocycles. The van der Waals surface area contributed by atoms with E-state index in [2.05, 4.69) is 4.98 Å². The van der Waals surface area contributed by atoms with Gasteiger partial charge < -0.3 is 19.5 Å². The van der Waals surface area contributed by atoms with Gasteiger partial charge in [0.05, 0.1) is 6.04 Å². The summed E-state index contributed by atoms with van der Waals surface area (Å²) in [6.45, 7) is 6.98. The molecule has 0 bridgehead atoms. The summed E-state index contributed by atoms with van der Waals surface area (Å²) in [6, 6.07) is 13.5. The molecule has 0 spiro atoms. The minimum absolute atomic E-state index is 0.0373. The Hall–Kier alpha value is -2.76. The molecule has 6 heteroatoms. The highest BCUT2D eigenvalue weighted by atomic mass is 16.6. The van der Waals surface area contributed by atoms with Crippen LogP contribution in [0.4, 0.5) is 4.79 Å². The number of carbonyl (C=O) groups is 2. The summed E-state index contributed by atoms with van der Waals surface area (Å²) in [5.41, 5.74) is 1.17. The predicted octanol–water partition coefficient (Wildman–Crippen LogP) is 3.32. The molecule has 0 saturated carbocycles. The van der Waals surface area contributed by atoms with Crippen LogP contribution in [-0.2, 0) is 11.2 Å². The molecule has 1 aliphatic rings. The second-order valence-corrected chi connectivity index (χ2v) is 7.85. The third-order valence-corrected chi connectivity index (χ3v) is 4.54. The van der Waals surface area contributed by atoms with Crippen LogP contribution >= 0.6 is 0 Å². The molecule has 2 heterocycles. The Morgan fingerprint density at radius 2 is 1.85 bits per heavy atom. The molecular weight excluding hydrogens is 342 g/mol. The monoisotopic (exact) mass is 369 g/mol. The Labute approximate surface area is 160 Å². The molecule has 2 aromatic rings. The Morgan fingerprint density at radius 3 is 2.48 bits per heavy atom. The summed E-state index contributed by atoms with van der Waals surface area (Å²) in [5, 5.41) is 0. The fourth-order valence-electron chi connectivity index (χ4n) is 3.29. The van der Waals surface area contributed by atoms with Crippen molar-refractivity contribution in [1.82, 2.24) is 14.8 Å². The third kappa shape index (κ3) is 4.90. The zero-order chi connectivity index (χ0) is 19.4. The average molecular weight is 369 g/mol. The summed E-state index contributed by atoms with van der Waals surface area (Å²) in [6.07, 6.45) is 2.11. The van der Waals surface area contributed by atoms with Gasteiger partial charge in [0.25, 0.3) is 5.91 Å². The molecule has 2 amide bonds. The van der Waals surface area contributed by atoms with Gasteiger partial charge >= 0.3 is 6.09 Å². The van der Waals surface area contributed by atoms with E-state index >= 15 is 0 Å². The summed E-state index contributed by atoms with van der Waals surface area (Å²) in [4.78, 5) is 32.0. The molecule has 1 aromatic carbocycles. The van der Waals surface area contributed by atoms with E-state index in [9.17, 15) is 9.59 Å². The molecular formula is C21H27N3O3. The molecule has 1 N–H and O–H groups in total. The second kappa shape index (κ2) is 7.86. The number of hydrogen-bond acceptors (Lipinski definition) is 3. The first-order valence-electron chi connectivity index (χ1n) is 9.30. The molecule has 1 saturated heterocycles. The fraction of sp³-hybridized carbons (Fsp3) is 0.429. The van der Waals surface area contributed by atoms with E-state index in [4.69, 9.17) is 4.74 Å². The first kappa shape index (κ1) is 19.0. The van der Waals surface area contributed by atoms with E-state index in [1.165, 1.54) is 0 Å². The maximum atomic E-state index is 12.9. The molecule has 1 atom stereocenters. The van der Waals surface area contributed by atoms with Crippen molar-refractivity contribution in [3.63, 3.8) is 0 Å². The van der Waals surface area contributed by atoms with Crippen LogP contribution in [-0.4, -0.2) is 58.1 Å². The first-order chi connectivity index (χ1) is 12.8. The number of aromatic amines is 1. The average Bonchev–Trinajstić information content (AvgIpc) is 3.15. The van der Waals surface area contributed by atoms with Gasteiger partial charge in [0.2, 0.25) is 0 Å². The van der Waals surface area contributed by atoms with Crippen molar-refractivity contribution in [3.05, 3.63) is 59.9 Å². The van der Waals surface area contributed by atoms with Crippen molar-refractivity contribution in [2.24, 2.45) is 0 Å². The Morgan fingerprint density at radius 1 is 1.11 bits per heavy atom. The minimum Gasteiger partial charge on any atom is -0.444 e. The fourth-order valence-corrected chi connectivity index (χ4v) is 3.29. The number of piperazine rings is 1. The standard InChI is InChI=1S/C21H27N3O3/c1-21(2,3)27-20(26)23-12-13-24(19(25)18-10-7-11-22-18)17(15-23)14-16-8-5-4-6-9-16/h4-11,17,22H,12-15H2,1-3H3. The topological polar surface area (TPSA) is 65.6 Å². The maximum Gasteiger partial charge on any atom is 0.410 e. The lowest BCUT2D eigenvalue weighted by Crippen LogP contribution is -2.58. The number of nitrogens with zero attached hydrogens (tertiary/aromatic N) is 2. The highest BCUT2D eigenvalue weighted by molar-refractivity contribution is 5.92. The van der Waals surface area contributed by atoms with Crippen molar-refractivity contribution >= 4 is 12.0 Å². The highest BCUT2D eigenvalue weighted by Crippen LogP contribution is 2.20. The lowest BCUT2D eigenvalue weighted by atomic mass is 10.0. The quantitative estimate of drug-likeness (QED) is 0.903. The van der Waals surface area contributed by atoms with Crippen LogP contribution in [0.3, 0.4) is 0 Å². The summed E-state index contributed by atoms with van der Waals surface area (Å²) in [7, 11) is 0. The van der Waals surface area contributed by atoms with E-state index in [0.717, 1.165) is 5.56 Å². The van der Waals surface area contributed by atoms with Crippen LogP contribution < -0.4 is 0 Å². The molecule has 1 fully saturated rings. The number of H-pyrrole nitrogens is 1. The van der Waals surface area contributed by atoms with Crippen molar-refractivity contribution in [2.75, 3.05) is 19.6 Å². The Kier molecular flexibility index (Phi) is 5.54. The number of nitrogens with one attached hydrogen (secondary N) is 1. The van der Waals surface area contributed by atoms with Gasteiger partial charge in [-0.3, -0.25) is 4.79 Å². The van der Waals surface area contributed by atoms with Crippen LogP contribution in [0.5, 0.6) is 0 Å². The van der Waals surface area contributed by atoms with Crippen molar-refractivity contribution in [1.29, 1.82) is 0 Å². The van der Waals surface area contributed by atoms with Gasteiger partial charge in [0.1, 0.15) is 11.3 Å². The van der Waals surface area contributed by atoms with Gasteiger partial charge in [-0.05, 0) is 44.9 Å². The summed E-state index contributed by atoms with van der Waals surface area (Å²) in [5.74, 6) is -0.0373. The van der Waals surface area contributed by atoms with E-state index in [1.807, 2.05) is 62.1 Å². The lowest BCUT2D eigenvalue weighted by Gasteiger charge is -2.41. The van der Waals surface area contributed by atoms with Gasteiger partial charge in [0.15, 0.2) is 0 Å². The normalized spacial score (nSPS) is 17.7. The van der Waals surface area contributed by atoms with E-state index in [-0.39, 0.29) is 18.0 Å². The van der Waals surface area contributed by atoms with Crippen LogP contribution in [0, 0.1) is 0 Å². The SMILES string of the molecule is CC(C)(C)OC(=O)N1CCN(C(=O)c2ccc[nH]2)C(Cc2ccccc2)C1. The number of carbonyl (C=O) groups excluding carboxylic acids is 2. The molecule has 144 valence electrons. The van der Waals surface area contributed by atoms with Crippen LogP contribution in [0.25, 0.3) is 0 Å². The molecule has 3 rings (SSSR count). The number of rotatable bonds is 3. The number of amides is 2. The Bertz CT molecular complexity index is 766. The summed E-state index contributed by atoms with van der Waals surface area (Å²) < 4.78 is 5.52. The summed E-state index contributed by atoms with van der Waals surface area (Å²) >= 11 is 0. The van der Waals surface area contributed by atoms with Crippen LogP contribution in [0.2, 0.25) is 0 Å². The van der Waals surface area contributed by atoms with Gasteiger partial charge in [-0.15, -0.1) is 0 Å². The van der Waals surface area contributed by atoms with Gasteiger partial charge in [0, 0.05) is 25.8 Å². The molecule has 6 nitrogen and oxygen atoms in total. The molecule has 1 aromatic heterocycles. The lowest BCUT2D eigenvalue weighted by molar-refractivity contribution is 0.00428. The van der Waals surface area contributed by atoms with Crippen LogP contribution in [0.15, 0.2) is 48.7 Å². The van der Waals surface area contributed by atoms with Crippen LogP contribution in [0.1, 0.15) is 36.8 Å². The van der Waals surface area contributed by atoms with E-state index in [0.29, 0.717) is 31.7 Å². The number of aromatic nitrogens is 1. The molecule has 1 unspecified atom stereocenters. The first-order valence-corrected chi connectivity index (χ1v) is 9.30. The highest BCUT2D eigenvalue weighted by Gasteiger charge is 2.35. The van der Waals surface area contributed by atoms with Gasteiger partial charge in [-0.1, -0.05) is 30.3 Å². The maximum absolute atomic E-state index is 12.9. The van der Waals surface area contributed by atoms with Crippen molar-refractivity contribution in [2.45, 2.75) is 38.8 Å². The van der Waals surface area contributed by atoms with Gasteiger partial charge in [-0.2, -0.15) is 0 Å². The largest absolute Gasteiger partial charge is 0.444 e.